The van der Waals surface area contributed by atoms with Crippen LogP contribution in [0.15, 0.2) is 23.1 Å². The SMILES string of the molecule is CNC(=O)c1ccc(S(=O)(=O)Cl)cc1C. The third-order valence-electron chi connectivity index (χ3n) is 1.95. The number of halogens is 1. The fraction of sp³-hybridized carbons (Fsp3) is 0.222. The van der Waals surface area contributed by atoms with Gasteiger partial charge in [-0.15, -0.1) is 0 Å². The summed E-state index contributed by atoms with van der Waals surface area (Å²) in [5.41, 5.74) is 0.998. The zero-order chi connectivity index (χ0) is 11.6. The normalized spacial score (nSPS) is 11.1. The zero-order valence-corrected chi connectivity index (χ0v) is 9.82. The molecule has 1 aromatic rings. The molecule has 0 saturated carbocycles. The van der Waals surface area contributed by atoms with E-state index in [2.05, 4.69) is 5.32 Å². The van der Waals surface area contributed by atoms with Crippen LogP contribution in [0, 0.1) is 6.92 Å². The summed E-state index contributed by atoms with van der Waals surface area (Å²) >= 11 is 0. The van der Waals surface area contributed by atoms with Gasteiger partial charge in [-0.2, -0.15) is 0 Å². The molecule has 0 aliphatic carbocycles. The standard InChI is InChI=1S/C9H10ClNO3S/c1-6-5-7(15(10,13)14)3-4-8(6)9(12)11-2/h3-5H,1-2H3,(H,11,12). The predicted molar refractivity (Wildman–Crippen MR) is 57.6 cm³/mol. The number of nitrogens with one attached hydrogen (secondary N) is 1. The van der Waals surface area contributed by atoms with Crippen LogP contribution in [0.25, 0.3) is 0 Å². The minimum atomic E-state index is -3.73. The minimum absolute atomic E-state index is 0.00526. The summed E-state index contributed by atoms with van der Waals surface area (Å²) in [6, 6.07) is 4.11. The maximum Gasteiger partial charge on any atom is 0.261 e. The van der Waals surface area contributed by atoms with E-state index in [-0.39, 0.29) is 10.8 Å². The summed E-state index contributed by atoms with van der Waals surface area (Å²) in [5, 5.41) is 2.46. The second-order valence-electron chi connectivity index (χ2n) is 2.99. The summed E-state index contributed by atoms with van der Waals surface area (Å²) < 4.78 is 22.0. The Bertz CT molecular complexity index is 496. The Balaban J connectivity index is 3.27. The average Bonchev–Trinajstić information content (AvgIpc) is 2.15. The van der Waals surface area contributed by atoms with Crippen LogP contribution in [-0.4, -0.2) is 21.4 Å². The van der Waals surface area contributed by atoms with E-state index in [0.29, 0.717) is 11.1 Å². The summed E-state index contributed by atoms with van der Waals surface area (Å²) in [6.45, 7) is 1.65. The number of hydrogen-bond donors (Lipinski definition) is 1. The molecule has 0 atom stereocenters. The van der Waals surface area contributed by atoms with Gasteiger partial charge < -0.3 is 5.32 Å². The Morgan fingerprint density at radius 2 is 2.00 bits per heavy atom. The molecule has 0 saturated heterocycles. The van der Waals surface area contributed by atoms with Gasteiger partial charge in [0.25, 0.3) is 15.0 Å². The van der Waals surface area contributed by atoms with E-state index < -0.39 is 9.05 Å². The molecule has 4 nitrogen and oxygen atoms in total. The highest BCUT2D eigenvalue weighted by Crippen LogP contribution is 2.18. The van der Waals surface area contributed by atoms with Gasteiger partial charge >= 0.3 is 0 Å². The number of hydrogen-bond acceptors (Lipinski definition) is 3. The number of aryl methyl sites for hydroxylation is 1. The van der Waals surface area contributed by atoms with Crippen LogP contribution < -0.4 is 5.32 Å². The lowest BCUT2D eigenvalue weighted by Gasteiger charge is -2.05. The van der Waals surface area contributed by atoms with Gasteiger partial charge in [-0.3, -0.25) is 4.79 Å². The lowest BCUT2D eigenvalue weighted by molar-refractivity contribution is 0.0962. The van der Waals surface area contributed by atoms with Crippen molar-refractivity contribution in [2.45, 2.75) is 11.8 Å². The first-order chi connectivity index (χ1) is 6.86. The number of carbonyl (C=O) groups excluding carboxylic acids is 1. The van der Waals surface area contributed by atoms with Crippen LogP contribution >= 0.6 is 10.7 Å². The quantitative estimate of drug-likeness (QED) is 0.801. The topological polar surface area (TPSA) is 63.2 Å². The molecular weight excluding hydrogens is 238 g/mol. The fourth-order valence-electron chi connectivity index (χ4n) is 1.18. The molecular formula is C9H10ClNO3S. The van der Waals surface area contributed by atoms with Crippen LogP contribution in [-0.2, 0) is 9.05 Å². The fourth-order valence-corrected chi connectivity index (χ4v) is 2.01. The Kier molecular flexibility index (Phi) is 3.36. The lowest BCUT2D eigenvalue weighted by atomic mass is 10.1. The maximum absolute atomic E-state index is 11.3. The number of amides is 1. The molecule has 0 radical (unpaired) electrons. The predicted octanol–water partition coefficient (Wildman–Crippen LogP) is 1.28. The third-order valence-corrected chi connectivity index (χ3v) is 3.30. The van der Waals surface area contributed by atoms with Crippen molar-refractivity contribution in [1.29, 1.82) is 0 Å². The van der Waals surface area contributed by atoms with Gasteiger partial charge in [0.1, 0.15) is 0 Å². The molecule has 0 aliphatic heterocycles. The Morgan fingerprint density at radius 1 is 1.40 bits per heavy atom. The van der Waals surface area contributed by atoms with E-state index in [4.69, 9.17) is 10.7 Å². The first-order valence-electron chi connectivity index (χ1n) is 4.13. The molecule has 0 heterocycles. The van der Waals surface area contributed by atoms with Crippen LogP contribution in [0.3, 0.4) is 0 Å². The van der Waals surface area contributed by atoms with Crippen LogP contribution in [0.5, 0.6) is 0 Å². The maximum atomic E-state index is 11.3. The number of carbonyl (C=O) groups is 1. The van der Waals surface area contributed by atoms with Gasteiger partial charge in [0.15, 0.2) is 0 Å². The molecule has 0 fully saturated rings. The Hall–Kier alpha value is -1.07. The van der Waals surface area contributed by atoms with Crippen molar-refractivity contribution in [3.05, 3.63) is 29.3 Å². The van der Waals surface area contributed by atoms with Crippen molar-refractivity contribution in [3.63, 3.8) is 0 Å². The number of benzene rings is 1. The third kappa shape index (κ3) is 2.70. The van der Waals surface area contributed by atoms with Crippen LogP contribution in [0.2, 0.25) is 0 Å². The monoisotopic (exact) mass is 247 g/mol. The van der Waals surface area contributed by atoms with E-state index in [0.717, 1.165) is 0 Å². The highest BCUT2D eigenvalue weighted by atomic mass is 35.7. The van der Waals surface area contributed by atoms with Gasteiger partial charge in [-0.1, -0.05) is 0 Å². The van der Waals surface area contributed by atoms with E-state index >= 15 is 0 Å². The molecule has 82 valence electrons. The molecule has 1 aromatic carbocycles. The molecule has 1 amide bonds. The largest absolute Gasteiger partial charge is 0.355 e. The highest BCUT2D eigenvalue weighted by molar-refractivity contribution is 8.13. The number of rotatable bonds is 2. The molecule has 1 N–H and O–H groups in total. The summed E-state index contributed by atoms with van der Waals surface area (Å²) in [6.07, 6.45) is 0. The van der Waals surface area contributed by atoms with Crippen molar-refractivity contribution in [1.82, 2.24) is 5.32 Å². The first kappa shape index (κ1) is 12.0. The summed E-state index contributed by atoms with van der Waals surface area (Å²) in [4.78, 5) is 11.3. The molecule has 0 spiro atoms. The van der Waals surface area contributed by atoms with E-state index in [1.807, 2.05) is 0 Å². The van der Waals surface area contributed by atoms with Crippen molar-refractivity contribution in [2.75, 3.05) is 7.05 Å². The zero-order valence-electron chi connectivity index (χ0n) is 8.24. The van der Waals surface area contributed by atoms with Gasteiger partial charge in [-0.05, 0) is 30.7 Å². The van der Waals surface area contributed by atoms with E-state index in [1.54, 1.807) is 6.92 Å². The molecule has 1 rings (SSSR count). The molecule has 0 aromatic heterocycles. The Labute approximate surface area is 92.7 Å². The van der Waals surface area contributed by atoms with Gasteiger partial charge in [0.05, 0.1) is 4.90 Å². The van der Waals surface area contributed by atoms with Crippen molar-refractivity contribution in [3.8, 4) is 0 Å². The molecule has 0 unspecified atom stereocenters. The summed E-state index contributed by atoms with van der Waals surface area (Å²) in [7, 11) is 2.94. The van der Waals surface area contributed by atoms with Crippen molar-refractivity contribution < 1.29 is 13.2 Å². The molecule has 6 heteroatoms. The minimum Gasteiger partial charge on any atom is -0.355 e. The summed E-state index contributed by atoms with van der Waals surface area (Å²) in [5.74, 6) is -0.258. The second-order valence-corrected chi connectivity index (χ2v) is 5.56. The van der Waals surface area contributed by atoms with Gasteiger partial charge in [0, 0.05) is 23.3 Å². The van der Waals surface area contributed by atoms with Crippen molar-refractivity contribution >= 4 is 25.6 Å². The Morgan fingerprint density at radius 3 is 2.40 bits per heavy atom. The van der Waals surface area contributed by atoms with E-state index in [1.165, 1.54) is 25.2 Å². The van der Waals surface area contributed by atoms with E-state index in [9.17, 15) is 13.2 Å². The van der Waals surface area contributed by atoms with Gasteiger partial charge in [-0.25, -0.2) is 8.42 Å². The molecule has 0 bridgehead atoms. The molecule has 15 heavy (non-hydrogen) atoms. The molecule has 0 aliphatic rings. The van der Waals surface area contributed by atoms with Crippen LogP contribution in [0.1, 0.15) is 15.9 Å². The lowest BCUT2D eigenvalue weighted by Crippen LogP contribution is -2.19. The van der Waals surface area contributed by atoms with Crippen molar-refractivity contribution in [2.24, 2.45) is 0 Å². The highest BCUT2D eigenvalue weighted by Gasteiger charge is 2.13. The second kappa shape index (κ2) is 4.20. The first-order valence-corrected chi connectivity index (χ1v) is 6.44. The van der Waals surface area contributed by atoms with Crippen LogP contribution in [0.4, 0.5) is 0 Å². The smallest absolute Gasteiger partial charge is 0.261 e. The van der Waals surface area contributed by atoms with Gasteiger partial charge in [0.2, 0.25) is 0 Å². The average molecular weight is 248 g/mol.